The Hall–Kier alpha value is -0.330. The number of hydrogen-bond donors (Lipinski definition) is 1. The molecule has 100 valence electrons. The van der Waals surface area contributed by atoms with Gasteiger partial charge < -0.3 is 5.32 Å². The van der Waals surface area contributed by atoms with Gasteiger partial charge in [-0.2, -0.15) is 0 Å². The highest BCUT2D eigenvalue weighted by atomic mass is 19.4. The lowest BCUT2D eigenvalue weighted by atomic mass is 10.1. The average Bonchev–Trinajstić information content (AvgIpc) is 3.02. The van der Waals surface area contributed by atoms with Crippen molar-refractivity contribution in [1.29, 1.82) is 0 Å². The Balaban J connectivity index is 1.73. The normalized spacial score (nSPS) is 31.8. The zero-order valence-corrected chi connectivity index (χ0v) is 9.96. The van der Waals surface area contributed by atoms with Gasteiger partial charge in [0, 0.05) is 31.7 Å². The van der Waals surface area contributed by atoms with Crippen LogP contribution in [0.25, 0.3) is 0 Å². The number of nitrogens with one attached hydrogen (secondary N) is 1. The van der Waals surface area contributed by atoms with Crippen molar-refractivity contribution in [3.8, 4) is 0 Å². The third kappa shape index (κ3) is 4.12. The van der Waals surface area contributed by atoms with Gasteiger partial charge in [0.05, 0.1) is 6.61 Å². The predicted octanol–water partition coefficient (Wildman–Crippen LogP) is 1.60. The number of hydrogen-bond acceptors (Lipinski definition) is 3. The van der Waals surface area contributed by atoms with Crippen LogP contribution in [-0.4, -0.2) is 49.6 Å². The summed E-state index contributed by atoms with van der Waals surface area (Å²) in [4.78, 5) is 2.09. The van der Waals surface area contributed by atoms with Crippen LogP contribution in [0, 0.1) is 5.92 Å². The second-order valence-electron chi connectivity index (χ2n) is 4.99. The van der Waals surface area contributed by atoms with E-state index in [1.165, 1.54) is 12.8 Å². The first kappa shape index (κ1) is 13.1. The van der Waals surface area contributed by atoms with E-state index in [-0.39, 0.29) is 12.6 Å². The number of rotatable bonds is 4. The van der Waals surface area contributed by atoms with Crippen LogP contribution in [0.4, 0.5) is 13.2 Å². The summed E-state index contributed by atoms with van der Waals surface area (Å²) in [5.74, 6) is 0.730. The summed E-state index contributed by atoms with van der Waals surface area (Å²) in [5, 5.41) is 3.46. The van der Waals surface area contributed by atoms with Gasteiger partial charge in [0.15, 0.2) is 0 Å². The lowest BCUT2D eigenvalue weighted by Crippen LogP contribution is -2.56. The molecule has 1 heterocycles. The Morgan fingerprint density at radius 3 is 2.65 bits per heavy atom. The molecule has 0 aromatic rings. The van der Waals surface area contributed by atoms with Gasteiger partial charge in [-0.15, -0.1) is 13.2 Å². The topological polar surface area (TPSA) is 24.5 Å². The molecule has 0 spiro atoms. The number of ether oxygens (including phenoxy) is 1. The number of alkyl halides is 3. The first-order valence-corrected chi connectivity index (χ1v) is 6.14. The van der Waals surface area contributed by atoms with Crippen molar-refractivity contribution in [2.45, 2.75) is 38.2 Å². The lowest BCUT2D eigenvalue weighted by molar-refractivity contribution is -0.325. The maximum absolute atomic E-state index is 11.9. The summed E-state index contributed by atoms with van der Waals surface area (Å²) in [6, 6.07) is 0.735. The van der Waals surface area contributed by atoms with Crippen LogP contribution in [0.1, 0.15) is 19.8 Å². The highest BCUT2D eigenvalue weighted by Gasteiger charge is 2.36. The molecule has 0 bridgehead atoms. The summed E-state index contributed by atoms with van der Waals surface area (Å²) in [6.45, 7) is 3.81. The predicted molar refractivity (Wildman–Crippen MR) is 57.6 cm³/mol. The van der Waals surface area contributed by atoms with E-state index in [1.807, 2.05) is 6.92 Å². The minimum Gasteiger partial charge on any atom is -0.311 e. The van der Waals surface area contributed by atoms with Gasteiger partial charge in [0.2, 0.25) is 0 Å². The molecule has 17 heavy (non-hydrogen) atoms. The van der Waals surface area contributed by atoms with E-state index in [9.17, 15) is 13.2 Å². The van der Waals surface area contributed by atoms with Crippen molar-refractivity contribution in [3.05, 3.63) is 0 Å². The van der Waals surface area contributed by atoms with Crippen molar-refractivity contribution in [2.24, 2.45) is 5.92 Å². The number of nitrogens with zero attached hydrogens (tertiary/aromatic N) is 1. The quantitative estimate of drug-likeness (QED) is 0.822. The van der Waals surface area contributed by atoms with E-state index in [2.05, 4.69) is 15.0 Å². The second-order valence-corrected chi connectivity index (χ2v) is 4.99. The third-order valence-electron chi connectivity index (χ3n) is 3.57. The van der Waals surface area contributed by atoms with Crippen LogP contribution in [-0.2, 0) is 4.74 Å². The van der Waals surface area contributed by atoms with Gasteiger partial charge in [-0.3, -0.25) is 9.64 Å². The monoisotopic (exact) mass is 252 g/mol. The zero-order valence-electron chi connectivity index (χ0n) is 9.96. The molecule has 1 N–H and O–H groups in total. The fraction of sp³-hybridized carbons (Fsp3) is 1.00. The van der Waals surface area contributed by atoms with E-state index >= 15 is 0 Å². The summed E-state index contributed by atoms with van der Waals surface area (Å²) in [7, 11) is 0. The summed E-state index contributed by atoms with van der Waals surface area (Å²) < 4.78 is 39.4. The maximum Gasteiger partial charge on any atom is 0.522 e. The molecule has 2 unspecified atom stereocenters. The molecule has 1 saturated heterocycles. The maximum atomic E-state index is 11.9. The molecular formula is C11H19F3N2O. The summed E-state index contributed by atoms with van der Waals surface area (Å²) >= 11 is 0. The van der Waals surface area contributed by atoms with Crippen LogP contribution < -0.4 is 5.32 Å². The highest BCUT2D eigenvalue weighted by Crippen LogP contribution is 2.34. The Morgan fingerprint density at radius 2 is 2.06 bits per heavy atom. The Labute approximate surface area is 99.3 Å². The van der Waals surface area contributed by atoms with Gasteiger partial charge >= 0.3 is 6.36 Å². The first-order valence-electron chi connectivity index (χ1n) is 6.14. The minimum absolute atomic E-state index is 0.273. The van der Waals surface area contributed by atoms with E-state index in [1.54, 1.807) is 0 Å². The van der Waals surface area contributed by atoms with Crippen molar-refractivity contribution in [2.75, 3.05) is 26.2 Å². The largest absolute Gasteiger partial charge is 0.522 e. The number of piperazine rings is 1. The van der Waals surface area contributed by atoms with E-state index in [0.717, 1.165) is 19.0 Å². The Kier molecular flexibility index (Phi) is 3.95. The first-order chi connectivity index (χ1) is 7.96. The molecule has 0 amide bonds. The van der Waals surface area contributed by atoms with Gasteiger partial charge in [0.25, 0.3) is 0 Å². The molecule has 1 saturated carbocycles. The molecule has 3 nitrogen and oxygen atoms in total. The van der Waals surface area contributed by atoms with Crippen LogP contribution in [0.3, 0.4) is 0 Å². The van der Waals surface area contributed by atoms with Crippen molar-refractivity contribution in [1.82, 2.24) is 10.2 Å². The molecule has 0 aromatic carbocycles. The fourth-order valence-electron chi connectivity index (χ4n) is 2.35. The van der Waals surface area contributed by atoms with E-state index in [0.29, 0.717) is 12.6 Å². The molecule has 2 fully saturated rings. The van der Waals surface area contributed by atoms with Gasteiger partial charge in [-0.05, 0) is 25.7 Å². The van der Waals surface area contributed by atoms with Gasteiger partial charge in [-0.25, -0.2) is 0 Å². The van der Waals surface area contributed by atoms with Crippen LogP contribution in [0.15, 0.2) is 0 Å². The molecule has 1 aliphatic carbocycles. The molecule has 2 aliphatic rings. The van der Waals surface area contributed by atoms with Gasteiger partial charge in [0.1, 0.15) is 0 Å². The van der Waals surface area contributed by atoms with E-state index < -0.39 is 6.36 Å². The van der Waals surface area contributed by atoms with Crippen molar-refractivity contribution >= 4 is 0 Å². The van der Waals surface area contributed by atoms with Gasteiger partial charge in [-0.1, -0.05) is 0 Å². The fourth-order valence-corrected chi connectivity index (χ4v) is 2.35. The third-order valence-corrected chi connectivity index (χ3v) is 3.57. The standard InChI is InChI=1S/C11H19F3N2O/c1-8-6-15-10(9-2-3-9)7-16(8)4-5-17-11(12,13)14/h8-10,15H,2-7H2,1H3. The zero-order chi connectivity index (χ0) is 12.5. The average molecular weight is 252 g/mol. The molecule has 0 radical (unpaired) electrons. The molecule has 2 atom stereocenters. The molecule has 0 aromatic heterocycles. The SMILES string of the molecule is CC1CNC(C2CC2)CN1CCOC(F)(F)F. The Morgan fingerprint density at radius 1 is 1.35 bits per heavy atom. The summed E-state index contributed by atoms with van der Waals surface area (Å²) in [5.41, 5.74) is 0. The van der Waals surface area contributed by atoms with Crippen molar-refractivity contribution in [3.63, 3.8) is 0 Å². The van der Waals surface area contributed by atoms with Crippen LogP contribution in [0.5, 0.6) is 0 Å². The van der Waals surface area contributed by atoms with E-state index in [4.69, 9.17) is 0 Å². The Bertz CT molecular complexity index is 256. The second kappa shape index (κ2) is 5.12. The molecule has 1 aliphatic heterocycles. The van der Waals surface area contributed by atoms with Crippen molar-refractivity contribution < 1.29 is 17.9 Å². The lowest BCUT2D eigenvalue weighted by Gasteiger charge is -2.39. The summed E-state index contributed by atoms with van der Waals surface area (Å²) in [6.07, 6.45) is -2.01. The minimum atomic E-state index is -4.51. The van der Waals surface area contributed by atoms with Crippen LogP contribution in [0.2, 0.25) is 0 Å². The smallest absolute Gasteiger partial charge is 0.311 e. The molecule has 6 heteroatoms. The van der Waals surface area contributed by atoms with Crippen LogP contribution >= 0.6 is 0 Å². The highest BCUT2D eigenvalue weighted by molar-refractivity contribution is 4.93. The molecule has 2 rings (SSSR count). The molecular weight excluding hydrogens is 233 g/mol. The number of halogens is 3.